The molecule has 0 radical (unpaired) electrons. The Labute approximate surface area is 258 Å². The summed E-state index contributed by atoms with van der Waals surface area (Å²) in [6, 6.07) is 13.7. The van der Waals surface area contributed by atoms with Crippen LogP contribution >= 0.6 is 0 Å². The number of aromatic nitrogens is 1. The van der Waals surface area contributed by atoms with E-state index in [4.69, 9.17) is 14.2 Å². The third kappa shape index (κ3) is 10.2. The Morgan fingerprint density at radius 2 is 1.26 bits per heavy atom. The first-order valence-corrected chi connectivity index (χ1v) is 16.2. The molecule has 0 amide bonds. The molecule has 0 saturated heterocycles. The predicted molar refractivity (Wildman–Crippen MR) is 182 cm³/mol. The Bertz CT molecular complexity index is 1340. The first-order chi connectivity index (χ1) is 21.2. The van der Waals surface area contributed by atoms with Crippen LogP contribution in [0.15, 0.2) is 85.2 Å². The maximum Gasteiger partial charge on any atom is 0.235 e. The molecule has 43 heavy (non-hydrogen) atoms. The van der Waals surface area contributed by atoms with Crippen LogP contribution in [0.5, 0.6) is 17.2 Å². The summed E-state index contributed by atoms with van der Waals surface area (Å²) >= 11 is 0. The van der Waals surface area contributed by atoms with E-state index in [1.54, 1.807) is 24.3 Å². The second kappa shape index (κ2) is 19.5. The van der Waals surface area contributed by atoms with Gasteiger partial charge >= 0.3 is 0 Å². The molecule has 0 saturated carbocycles. The lowest BCUT2D eigenvalue weighted by Crippen LogP contribution is -2.18. The van der Waals surface area contributed by atoms with E-state index >= 15 is 0 Å². The van der Waals surface area contributed by atoms with Gasteiger partial charge in [-0.05, 0) is 6.42 Å². The van der Waals surface area contributed by atoms with Crippen LogP contribution in [0.1, 0.15) is 84.0 Å². The Morgan fingerprint density at radius 1 is 0.698 bits per heavy atom. The third-order valence-electron chi connectivity index (χ3n) is 7.62. The van der Waals surface area contributed by atoms with Crippen molar-refractivity contribution in [2.45, 2.75) is 90.5 Å². The number of rotatable bonds is 23. The Balaban J connectivity index is 1.93. The van der Waals surface area contributed by atoms with E-state index < -0.39 is 0 Å². The number of hydrogen-bond acceptors (Lipinski definition) is 4. The second-order valence-corrected chi connectivity index (χ2v) is 11.0. The lowest BCUT2D eigenvalue weighted by atomic mass is 10.0. The van der Waals surface area contributed by atoms with Gasteiger partial charge in [0.1, 0.15) is 31.3 Å². The van der Waals surface area contributed by atoms with Gasteiger partial charge in [-0.3, -0.25) is 4.79 Å². The summed E-state index contributed by atoms with van der Waals surface area (Å²) in [5, 5.41) is 0.477. The summed E-state index contributed by atoms with van der Waals surface area (Å²) in [6.07, 6.45) is 20.4. The first-order valence-electron chi connectivity index (χ1n) is 16.2. The molecule has 0 bridgehead atoms. The van der Waals surface area contributed by atoms with Gasteiger partial charge < -0.3 is 18.8 Å². The van der Waals surface area contributed by atoms with E-state index in [-0.39, 0.29) is 18.6 Å². The number of pyridine rings is 1. The Kier molecular flexibility index (Phi) is 15.3. The van der Waals surface area contributed by atoms with Crippen LogP contribution in [0.3, 0.4) is 0 Å². The highest BCUT2D eigenvalue weighted by molar-refractivity contribution is 5.92. The van der Waals surface area contributed by atoms with Crippen molar-refractivity contribution in [2.75, 3.05) is 19.8 Å². The summed E-state index contributed by atoms with van der Waals surface area (Å²) in [5.74, 6) is 1.38. The maximum absolute atomic E-state index is 14.1. The molecule has 5 heteroatoms. The van der Waals surface area contributed by atoms with Crippen LogP contribution in [0.4, 0.5) is 0 Å². The Hall–Kier alpha value is -3.73. The van der Waals surface area contributed by atoms with Crippen molar-refractivity contribution >= 4 is 10.9 Å². The molecular weight excluding hydrogens is 534 g/mol. The van der Waals surface area contributed by atoms with Gasteiger partial charge in [-0.25, -0.2) is 0 Å². The van der Waals surface area contributed by atoms with Crippen LogP contribution in [-0.4, -0.2) is 24.4 Å². The molecule has 0 N–H and O–H groups in total. The second-order valence-electron chi connectivity index (χ2n) is 11.0. The van der Waals surface area contributed by atoms with Crippen LogP contribution in [0.2, 0.25) is 0 Å². The van der Waals surface area contributed by atoms with Crippen molar-refractivity contribution in [1.82, 2.24) is 4.57 Å². The fraction of sp³-hybridized carbons (Fsp3) is 0.447. The van der Waals surface area contributed by atoms with Gasteiger partial charge in [-0.2, -0.15) is 0 Å². The van der Waals surface area contributed by atoms with E-state index in [0.717, 1.165) is 36.2 Å². The van der Waals surface area contributed by atoms with E-state index in [2.05, 4.69) is 31.2 Å². The number of unbranched alkanes of at least 4 members (excludes halogenated alkanes) is 11. The summed E-state index contributed by atoms with van der Waals surface area (Å²) in [7, 11) is 0. The van der Waals surface area contributed by atoms with Crippen molar-refractivity contribution in [3.05, 3.63) is 90.7 Å². The highest BCUT2D eigenvalue weighted by Crippen LogP contribution is 2.37. The molecule has 3 rings (SSSR count). The molecule has 1 heterocycles. The molecule has 1 aromatic heterocycles. The predicted octanol–water partition coefficient (Wildman–Crippen LogP) is 10.1. The molecule has 0 aliphatic carbocycles. The van der Waals surface area contributed by atoms with Crippen molar-refractivity contribution in [2.24, 2.45) is 0 Å². The van der Waals surface area contributed by atoms with E-state index in [1.165, 1.54) is 64.2 Å². The van der Waals surface area contributed by atoms with E-state index in [9.17, 15) is 4.79 Å². The zero-order valence-electron chi connectivity index (χ0n) is 26.3. The molecular formula is C38H51NO4. The van der Waals surface area contributed by atoms with Gasteiger partial charge in [0.2, 0.25) is 5.43 Å². The SMILES string of the molecule is C=CCOc1cc(OCC=C)c2c(=O)c(OCC=C)c(-c3ccccc3)n(CCCCCCCCCCCCCC)c2c1. The van der Waals surface area contributed by atoms with Crippen molar-refractivity contribution in [1.29, 1.82) is 0 Å². The molecule has 2 aromatic carbocycles. The number of aryl methyl sites for hydroxylation is 1. The van der Waals surface area contributed by atoms with Crippen molar-refractivity contribution in [3.63, 3.8) is 0 Å². The lowest BCUT2D eigenvalue weighted by molar-refractivity contribution is 0.345. The number of benzene rings is 2. The summed E-state index contributed by atoms with van der Waals surface area (Å²) < 4.78 is 20.3. The maximum atomic E-state index is 14.1. The van der Waals surface area contributed by atoms with Crippen molar-refractivity contribution < 1.29 is 14.2 Å². The minimum atomic E-state index is -0.212. The number of fused-ring (bicyclic) bond motifs is 1. The molecule has 232 valence electrons. The number of hydrogen-bond donors (Lipinski definition) is 0. The third-order valence-corrected chi connectivity index (χ3v) is 7.62. The molecule has 0 aliphatic heterocycles. The monoisotopic (exact) mass is 585 g/mol. The highest BCUT2D eigenvalue weighted by atomic mass is 16.5. The van der Waals surface area contributed by atoms with Crippen LogP contribution in [0, 0.1) is 0 Å². The van der Waals surface area contributed by atoms with Crippen LogP contribution < -0.4 is 19.6 Å². The minimum Gasteiger partial charge on any atom is -0.489 e. The minimum absolute atomic E-state index is 0.212. The average Bonchev–Trinajstić information content (AvgIpc) is 3.03. The number of nitrogens with zero attached hydrogens (tertiary/aromatic N) is 1. The molecule has 0 atom stereocenters. The largest absolute Gasteiger partial charge is 0.489 e. The van der Waals surface area contributed by atoms with Gasteiger partial charge in [0.25, 0.3) is 0 Å². The summed E-state index contributed by atoms with van der Waals surface area (Å²) in [6.45, 7) is 15.2. The normalized spacial score (nSPS) is 10.9. The fourth-order valence-corrected chi connectivity index (χ4v) is 5.48. The smallest absolute Gasteiger partial charge is 0.235 e. The topological polar surface area (TPSA) is 49.7 Å². The highest BCUT2D eigenvalue weighted by Gasteiger charge is 2.23. The fourth-order valence-electron chi connectivity index (χ4n) is 5.48. The molecule has 3 aromatic rings. The van der Waals surface area contributed by atoms with Gasteiger partial charge in [-0.15, -0.1) is 0 Å². The van der Waals surface area contributed by atoms with E-state index in [0.29, 0.717) is 29.2 Å². The van der Waals surface area contributed by atoms with E-state index in [1.807, 2.05) is 36.4 Å². The zero-order valence-corrected chi connectivity index (χ0v) is 26.3. The molecule has 0 unspecified atom stereocenters. The van der Waals surface area contributed by atoms with Gasteiger partial charge in [-0.1, -0.05) is 146 Å². The molecule has 0 fully saturated rings. The standard InChI is InChI=1S/C38H51NO4/c1-5-9-10-11-12-13-14-15-16-17-18-22-25-39-33-29-32(41-26-6-2)30-34(42-27-7-3)35(33)37(40)38(43-28-8-4)36(39)31-23-20-19-21-24-31/h6-8,19-21,23-24,29-30H,2-5,9-18,22,25-28H2,1H3. The molecule has 0 spiro atoms. The molecule has 5 nitrogen and oxygen atoms in total. The van der Waals surface area contributed by atoms with Crippen LogP contribution in [-0.2, 0) is 6.54 Å². The van der Waals surface area contributed by atoms with Gasteiger partial charge in [0.15, 0.2) is 5.75 Å². The average molecular weight is 586 g/mol. The zero-order chi connectivity index (χ0) is 30.7. The van der Waals surface area contributed by atoms with Crippen LogP contribution in [0.25, 0.3) is 22.2 Å². The van der Waals surface area contributed by atoms with Gasteiger partial charge in [0.05, 0.1) is 16.6 Å². The van der Waals surface area contributed by atoms with Crippen molar-refractivity contribution in [3.8, 4) is 28.5 Å². The number of ether oxygens (including phenoxy) is 3. The first kappa shape index (κ1) is 33.8. The quantitative estimate of drug-likeness (QED) is 0.0821. The van der Waals surface area contributed by atoms with Gasteiger partial charge in [0, 0.05) is 24.2 Å². The summed E-state index contributed by atoms with van der Waals surface area (Å²) in [5.41, 5.74) is 2.23. The Morgan fingerprint density at radius 3 is 1.86 bits per heavy atom. The molecule has 0 aliphatic rings. The lowest BCUT2D eigenvalue weighted by Gasteiger charge is -2.22. The summed E-state index contributed by atoms with van der Waals surface area (Å²) in [4.78, 5) is 14.1.